The highest BCUT2D eigenvalue weighted by atomic mass is 16.6. The third-order valence-electron chi connectivity index (χ3n) is 3.78. The molecule has 2 atom stereocenters. The second-order valence-electron chi connectivity index (χ2n) is 4.93. The molecular weight excluding hydrogens is 214 g/mol. The van der Waals surface area contributed by atoms with Gasteiger partial charge in [-0.05, 0) is 24.5 Å². The normalized spacial score (nSPS) is 31.6. The van der Waals surface area contributed by atoms with E-state index in [1.165, 1.54) is 0 Å². The molecule has 3 heteroatoms. The second kappa shape index (κ2) is 3.36. The van der Waals surface area contributed by atoms with Gasteiger partial charge in [0.1, 0.15) is 6.61 Å². The van der Waals surface area contributed by atoms with Crippen molar-refractivity contribution in [2.75, 3.05) is 6.61 Å². The lowest BCUT2D eigenvalue weighted by atomic mass is 10.0. The van der Waals surface area contributed by atoms with Gasteiger partial charge in [0.05, 0.1) is 11.6 Å². The number of ether oxygens (including phenoxy) is 1. The average Bonchev–Trinajstić information content (AvgIpc) is 2.75. The van der Waals surface area contributed by atoms with Crippen LogP contribution in [0, 0.1) is 0 Å². The fraction of sp³-hybridized carbons (Fsp3) is 0.357. The Kier molecular flexibility index (Phi) is 2.05. The van der Waals surface area contributed by atoms with Gasteiger partial charge < -0.3 is 4.74 Å². The summed E-state index contributed by atoms with van der Waals surface area (Å²) in [5.41, 5.74) is 2.03. The van der Waals surface area contributed by atoms with Crippen molar-refractivity contribution in [2.45, 2.75) is 24.9 Å². The summed E-state index contributed by atoms with van der Waals surface area (Å²) in [6, 6.07) is 10.0. The summed E-state index contributed by atoms with van der Waals surface area (Å²) >= 11 is 0. The first-order chi connectivity index (χ1) is 8.13. The summed E-state index contributed by atoms with van der Waals surface area (Å²) in [4.78, 5) is 13.7. The maximum Gasteiger partial charge on any atom is 0.411 e. The van der Waals surface area contributed by atoms with E-state index in [9.17, 15) is 4.79 Å². The largest absolute Gasteiger partial charge is 0.447 e. The lowest BCUT2D eigenvalue weighted by molar-refractivity contribution is 0.145. The van der Waals surface area contributed by atoms with Crippen LogP contribution in [0.4, 0.5) is 4.79 Å². The van der Waals surface area contributed by atoms with Crippen LogP contribution >= 0.6 is 0 Å². The van der Waals surface area contributed by atoms with Crippen molar-refractivity contribution in [3.8, 4) is 0 Å². The Labute approximate surface area is 101 Å². The number of carbonyl (C=O) groups is 1. The predicted octanol–water partition coefficient (Wildman–Crippen LogP) is 2.90. The number of amides is 1. The molecule has 1 aliphatic carbocycles. The molecule has 1 aliphatic heterocycles. The van der Waals surface area contributed by atoms with Crippen LogP contribution < -0.4 is 0 Å². The molecule has 2 fully saturated rings. The van der Waals surface area contributed by atoms with E-state index >= 15 is 0 Å². The van der Waals surface area contributed by atoms with Gasteiger partial charge in [0.15, 0.2) is 0 Å². The first-order valence-corrected chi connectivity index (χ1v) is 5.82. The van der Waals surface area contributed by atoms with Crippen LogP contribution in [-0.2, 0) is 4.74 Å². The van der Waals surface area contributed by atoms with Crippen LogP contribution in [0.2, 0.25) is 0 Å². The molecule has 0 spiro atoms. The van der Waals surface area contributed by atoms with Gasteiger partial charge in [-0.15, -0.1) is 0 Å². The molecule has 1 aromatic rings. The molecule has 2 aliphatic rings. The molecule has 1 saturated carbocycles. The summed E-state index contributed by atoms with van der Waals surface area (Å²) in [5, 5.41) is 0. The summed E-state index contributed by atoms with van der Waals surface area (Å²) in [5.74, 6) is 0. The van der Waals surface area contributed by atoms with Crippen molar-refractivity contribution < 1.29 is 9.53 Å². The highest BCUT2D eigenvalue weighted by Gasteiger charge is 2.55. The van der Waals surface area contributed by atoms with Gasteiger partial charge in [-0.3, -0.25) is 4.90 Å². The average molecular weight is 229 g/mol. The molecule has 0 N–H and O–H groups in total. The Morgan fingerprint density at radius 3 is 2.65 bits per heavy atom. The van der Waals surface area contributed by atoms with E-state index in [-0.39, 0.29) is 17.7 Å². The van der Waals surface area contributed by atoms with Gasteiger partial charge in [0.25, 0.3) is 0 Å². The second-order valence-corrected chi connectivity index (χ2v) is 4.93. The van der Waals surface area contributed by atoms with E-state index in [1.807, 2.05) is 35.2 Å². The van der Waals surface area contributed by atoms with Crippen LogP contribution in [0.15, 0.2) is 42.5 Å². The summed E-state index contributed by atoms with van der Waals surface area (Å²) in [6.45, 7) is 6.47. The Bertz CT molecular complexity index is 482. The molecule has 3 rings (SSSR count). The highest BCUT2D eigenvalue weighted by molar-refractivity contribution is 5.74. The number of hydrogen-bond donors (Lipinski definition) is 0. The zero-order valence-electron chi connectivity index (χ0n) is 9.85. The number of benzene rings is 1. The van der Waals surface area contributed by atoms with Crippen molar-refractivity contribution in [3.05, 3.63) is 48.0 Å². The van der Waals surface area contributed by atoms with Crippen molar-refractivity contribution in [2.24, 2.45) is 0 Å². The molecule has 1 aromatic carbocycles. The van der Waals surface area contributed by atoms with E-state index in [1.54, 1.807) is 0 Å². The van der Waals surface area contributed by atoms with Gasteiger partial charge >= 0.3 is 6.09 Å². The van der Waals surface area contributed by atoms with E-state index < -0.39 is 0 Å². The molecule has 0 bridgehead atoms. The van der Waals surface area contributed by atoms with Crippen molar-refractivity contribution in [1.29, 1.82) is 0 Å². The minimum atomic E-state index is -0.222. The third kappa shape index (κ3) is 1.46. The minimum absolute atomic E-state index is 0.0212. The molecule has 0 radical (unpaired) electrons. The van der Waals surface area contributed by atoms with Crippen molar-refractivity contribution in [1.82, 2.24) is 4.90 Å². The van der Waals surface area contributed by atoms with Gasteiger partial charge in [-0.1, -0.05) is 36.9 Å². The Morgan fingerprint density at radius 1 is 1.41 bits per heavy atom. The van der Waals surface area contributed by atoms with E-state index in [0.29, 0.717) is 6.61 Å². The monoisotopic (exact) mass is 229 g/mol. The van der Waals surface area contributed by atoms with Gasteiger partial charge in [0, 0.05) is 0 Å². The molecule has 1 heterocycles. The number of cyclic esters (lactones) is 1. The Balaban J connectivity index is 1.95. The fourth-order valence-electron chi connectivity index (χ4n) is 2.51. The number of hydrogen-bond acceptors (Lipinski definition) is 2. The van der Waals surface area contributed by atoms with Gasteiger partial charge in [0.2, 0.25) is 0 Å². The zero-order valence-corrected chi connectivity index (χ0v) is 9.85. The van der Waals surface area contributed by atoms with Crippen LogP contribution in [0.3, 0.4) is 0 Å². The quantitative estimate of drug-likeness (QED) is 0.730. The maximum atomic E-state index is 11.9. The number of carbonyl (C=O) groups excluding carboxylic acids is 1. The molecule has 0 unspecified atom stereocenters. The smallest absolute Gasteiger partial charge is 0.411 e. The third-order valence-corrected chi connectivity index (χ3v) is 3.78. The minimum Gasteiger partial charge on any atom is -0.447 e. The van der Waals surface area contributed by atoms with Crippen LogP contribution in [0.25, 0.3) is 0 Å². The van der Waals surface area contributed by atoms with Crippen LogP contribution in [-0.4, -0.2) is 23.1 Å². The molecule has 17 heavy (non-hydrogen) atoms. The lowest BCUT2D eigenvalue weighted by Crippen LogP contribution is -2.38. The molecule has 0 aromatic heterocycles. The standard InChI is InChI=1S/C14H15NO2/c1-10-8-14(10,2)15-12(9-17-13(15)16)11-6-4-3-5-7-11/h3-7,12H,1,8-9H2,2H3/t12-,14-/m1/s1. The summed E-state index contributed by atoms with van der Waals surface area (Å²) in [7, 11) is 0. The molecular formula is C14H15NO2. The highest BCUT2D eigenvalue weighted by Crippen LogP contribution is 2.51. The number of rotatable bonds is 2. The van der Waals surface area contributed by atoms with E-state index in [2.05, 4.69) is 13.5 Å². The summed E-state index contributed by atoms with van der Waals surface area (Å²) < 4.78 is 5.19. The lowest BCUT2D eigenvalue weighted by Gasteiger charge is -2.27. The fourth-order valence-corrected chi connectivity index (χ4v) is 2.51. The topological polar surface area (TPSA) is 29.5 Å². The van der Waals surface area contributed by atoms with Crippen molar-refractivity contribution in [3.63, 3.8) is 0 Å². The molecule has 1 amide bonds. The van der Waals surface area contributed by atoms with Crippen LogP contribution in [0.1, 0.15) is 24.9 Å². The molecule has 1 saturated heterocycles. The predicted molar refractivity (Wildman–Crippen MR) is 64.5 cm³/mol. The molecule has 88 valence electrons. The van der Waals surface area contributed by atoms with Gasteiger partial charge in [-0.25, -0.2) is 4.79 Å². The van der Waals surface area contributed by atoms with E-state index in [4.69, 9.17) is 4.74 Å². The Morgan fingerprint density at radius 2 is 2.06 bits per heavy atom. The zero-order chi connectivity index (χ0) is 12.0. The van der Waals surface area contributed by atoms with E-state index in [0.717, 1.165) is 17.6 Å². The first-order valence-electron chi connectivity index (χ1n) is 5.82. The number of nitrogens with zero attached hydrogens (tertiary/aromatic N) is 1. The SMILES string of the molecule is C=C1C[C@@]1(C)N1C(=O)OC[C@@H]1c1ccccc1. The van der Waals surface area contributed by atoms with Crippen molar-refractivity contribution >= 4 is 6.09 Å². The summed E-state index contributed by atoms with van der Waals surface area (Å²) in [6.07, 6.45) is 0.658. The Hall–Kier alpha value is -1.77. The first kappa shape index (κ1) is 10.4. The van der Waals surface area contributed by atoms with Gasteiger partial charge in [-0.2, -0.15) is 0 Å². The maximum absolute atomic E-state index is 11.9. The van der Waals surface area contributed by atoms with Crippen LogP contribution in [0.5, 0.6) is 0 Å². The molecule has 3 nitrogen and oxygen atoms in total.